The smallest absolute Gasteiger partial charge is 0.208 e. The van der Waals surface area contributed by atoms with E-state index in [4.69, 9.17) is 9.47 Å². The van der Waals surface area contributed by atoms with Gasteiger partial charge >= 0.3 is 0 Å². The van der Waals surface area contributed by atoms with Crippen molar-refractivity contribution < 1.29 is 9.47 Å². The van der Waals surface area contributed by atoms with E-state index in [1.807, 2.05) is 14.0 Å². The van der Waals surface area contributed by atoms with Crippen molar-refractivity contribution in [3.8, 4) is 0 Å². The minimum atomic E-state index is -0.365. The largest absolute Gasteiger partial charge is 0.347 e. The number of rotatable bonds is 3. The Bertz CT molecular complexity index is 433. The maximum Gasteiger partial charge on any atom is 0.208 e. The Morgan fingerprint density at radius 1 is 1.42 bits per heavy atom. The van der Waals surface area contributed by atoms with Gasteiger partial charge in [0, 0.05) is 24.1 Å². The normalized spacial score (nSPS) is 30.0. The van der Waals surface area contributed by atoms with Crippen molar-refractivity contribution in [2.45, 2.75) is 48.4 Å². The number of hydrogen-bond acceptors (Lipinski definition) is 6. The summed E-state index contributed by atoms with van der Waals surface area (Å²) in [7, 11) is 2.01. The van der Waals surface area contributed by atoms with Crippen molar-refractivity contribution in [3.63, 3.8) is 0 Å². The number of nitrogens with zero attached hydrogens (tertiary/aromatic N) is 2. The van der Waals surface area contributed by atoms with Crippen molar-refractivity contribution in [1.82, 2.24) is 20.5 Å². The number of aryl methyl sites for hydroxylation is 1. The van der Waals surface area contributed by atoms with Gasteiger partial charge in [-0.15, -0.1) is 5.10 Å². The number of nitrogens with one attached hydrogen (secondary N) is 2. The molecular weight excluding hydrogens is 264 g/mol. The standard InChI is InChI=1S/C12H20N4O2S/c1-8-14-11(16-15-8)19-10-7-12(17-5-6-18-12)4-3-9(10)13-2/h9-10,13H,3-7H2,1-2H3,(H,14,15,16). The van der Waals surface area contributed by atoms with Crippen molar-refractivity contribution >= 4 is 11.8 Å². The van der Waals surface area contributed by atoms with E-state index in [0.717, 1.165) is 30.2 Å². The van der Waals surface area contributed by atoms with E-state index in [1.54, 1.807) is 11.8 Å². The highest BCUT2D eigenvalue weighted by molar-refractivity contribution is 7.99. The Balaban J connectivity index is 1.71. The monoisotopic (exact) mass is 284 g/mol. The van der Waals surface area contributed by atoms with Crippen LogP contribution in [-0.2, 0) is 9.47 Å². The van der Waals surface area contributed by atoms with Crippen LogP contribution in [0.1, 0.15) is 25.1 Å². The average molecular weight is 284 g/mol. The number of thioether (sulfide) groups is 1. The summed E-state index contributed by atoms with van der Waals surface area (Å²) in [6, 6.07) is 0.447. The summed E-state index contributed by atoms with van der Waals surface area (Å²) in [5.74, 6) is 0.485. The number of aromatic nitrogens is 3. The summed E-state index contributed by atoms with van der Waals surface area (Å²) in [4.78, 5) is 4.38. The number of ether oxygens (including phenoxy) is 2. The van der Waals surface area contributed by atoms with Crippen LogP contribution in [-0.4, -0.2) is 52.5 Å². The van der Waals surface area contributed by atoms with E-state index in [1.165, 1.54) is 0 Å². The number of aromatic amines is 1. The fourth-order valence-electron chi connectivity index (χ4n) is 2.84. The molecule has 106 valence electrons. The molecule has 2 fully saturated rings. The van der Waals surface area contributed by atoms with Gasteiger partial charge in [-0.25, -0.2) is 4.98 Å². The van der Waals surface area contributed by atoms with E-state index >= 15 is 0 Å². The van der Waals surface area contributed by atoms with Crippen LogP contribution in [0.15, 0.2) is 5.16 Å². The van der Waals surface area contributed by atoms with Crippen LogP contribution in [0.25, 0.3) is 0 Å². The molecule has 2 heterocycles. The third-order valence-corrected chi connectivity index (χ3v) is 5.01. The minimum Gasteiger partial charge on any atom is -0.347 e. The van der Waals surface area contributed by atoms with Gasteiger partial charge in [-0.1, -0.05) is 11.8 Å². The molecule has 2 aliphatic rings. The zero-order valence-corrected chi connectivity index (χ0v) is 12.1. The molecule has 1 spiro atoms. The van der Waals surface area contributed by atoms with Crippen molar-refractivity contribution in [3.05, 3.63) is 5.82 Å². The maximum absolute atomic E-state index is 5.84. The minimum absolute atomic E-state index is 0.365. The molecule has 1 aromatic rings. The van der Waals surface area contributed by atoms with Crippen LogP contribution >= 0.6 is 11.8 Å². The van der Waals surface area contributed by atoms with Gasteiger partial charge < -0.3 is 14.8 Å². The Kier molecular flexibility index (Phi) is 3.79. The van der Waals surface area contributed by atoms with Gasteiger partial charge in [0.25, 0.3) is 0 Å². The Morgan fingerprint density at radius 3 is 2.84 bits per heavy atom. The molecule has 0 radical (unpaired) electrons. The molecule has 1 saturated carbocycles. The lowest BCUT2D eigenvalue weighted by molar-refractivity contribution is -0.177. The molecule has 3 rings (SSSR count). The maximum atomic E-state index is 5.84. The summed E-state index contributed by atoms with van der Waals surface area (Å²) >= 11 is 1.70. The first-order valence-corrected chi connectivity index (χ1v) is 7.60. The molecule has 1 aliphatic carbocycles. The lowest BCUT2D eigenvalue weighted by Gasteiger charge is -2.40. The highest BCUT2D eigenvalue weighted by Crippen LogP contribution is 2.41. The van der Waals surface area contributed by atoms with Gasteiger partial charge in [-0.3, -0.25) is 5.10 Å². The number of hydrogen-bond donors (Lipinski definition) is 2. The van der Waals surface area contributed by atoms with E-state index in [0.29, 0.717) is 24.5 Å². The molecule has 6 nitrogen and oxygen atoms in total. The van der Waals surface area contributed by atoms with Crippen LogP contribution in [0.3, 0.4) is 0 Å². The Morgan fingerprint density at radius 2 is 2.21 bits per heavy atom. The number of H-pyrrole nitrogens is 1. The molecule has 1 aliphatic heterocycles. The van der Waals surface area contributed by atoms with Crippen LogP contribution in [0.2, 0.25) is 0 Å². The fraction of sp³-hybridized carbons (Fsp3) is 0.833. The molecular formula is C12H20N4O2S. The Hall–Kier alpha value is -0.630. The second kappa shape index (κ2) is 5.40. The predicted molar refractivity (Wildman–Crippen MR) is 72.1 cm³/mol. The molecule has 7 heteroatoms. The summed E-state index contributed by atoms with van der Waals surface area (Å²) < 4.78 is 11.7. The SMILES string of the molecule is CNC1CCC2(CC1Sc1n[nH]c(C)n1)OCCO2. The first-order chi connectivity index (χ1) is 9.21. The molecule has 0 bridgehead atoms. The van der Waals surface area contributed by atoms with E-state index in [9.17, 15) is 0 Å². The summed E-state index contributed by atoms with van der Waals surface area (Å²) in [6.45, 7) is 3.33. The topological polar surface area (TPSA) is 72.1 Å². The zero-order valence-electron chi connectivity index (χ0n) is 11.3. The molecule has 1 saturated heterocycles. The zero-order chi connectivity index (χ0) is 13.3. The molecule has 2 unspecified atom stereocenters. The second-order valence-electron chi connectivity index (χ2n) is 5.11. The van der Waals surface area contributed by atoms with Crippen molar-refractivity contribution in [2.24, 2.45) is 0 Å². The van der Waals surface area contributed by atoms with Gasteiger partial charge in [0.2, 0.25) is 5.16 Å². The fourth-order valence-corrected chi connectivity index (χ4v) is 4.17. The Labute approximate surface area is 117 Å². The highest BCUT2D eigenvalue weighted by atomic mass is 32.2. The van der Waals surface area contributed by atoms with E-state index in [-0.39, 0.29) is 5.79 Å². The van der Waals surface area contributed by atoms with E-state index < -0.39 is 0 Å². The first-order valence-electron chi connectivity index (χ1n) is 6.72. The van der Waals surface area contributed by atoms with Gasteiger partial charge in [-0.05, 0) is 20.4 Å². The third-order valence-electron chi connectivity index (χ3n) is 3.82. The second-order valence-corrected chi connectivity index (χ2v) is 6.31. The van der Waals surface area contributed by atoms with Gasteiger partial charge in [0.1, 0.15) is 5.82 Å². The lowest BCUT2D eigenvalue weighted by Crippen LogP contribution is -2.48. The van der Waals surface area contributed by atoms with Crippen molar-refractivity contribution in [2.75, 3.05) is 20.3 Å². The predicted octanol–water partition coefficient (Wildman–Crippen LogP) is 1.09. The third kappa shape index (κ3) is 2.79. The van der Waals surface area contributed by atoms with Gasteiger partial charge in [0.05, 0.1) is 13.2 Å². The first kappa shape index (κ1) is 13.4. The van der Waals surface area contributed by atoms with Crippen LogP contribution < -0.4 is 5.32 Å². The molecule has 19 heavy (non-hydrogen) atoms. The lowest BCUT2D eigenvalue weighted by atomic mass is 9.89. The summed E-state index contributed by atoms with van der Waals surface area (Å²) in [5, 5.41) is 11.7. The molecule has 2 N–H and O–H groups in total. The average Bonchev–Trinajstić information content (AvgIpc) is 3.00. The quantitative estimate of drug-likeness (QED) is 0.865. The van der Waals surface area contributed by atoms with Gasteiger partial charge in [-0.2, -0.15) is 0 Å². The van der Waals surface area contributed by atoms with Gasteiger partial charge in [0.15, 0.2) is 5.79 Å². The molecule has 1 aromatic heterocycles. The van der Waals surface area contributed by atoms with Crippen LogP contribution in [0.4, 0.5) is 0 Å². The highest BCUT2D eigenvalue weighted by Gasteiger charge is 2.45. The van der Waals surface area contributed by atoms with Crippen LogP contribution in [0.5, 0.6) is 0 Å². The van der Waals surface area contributed by atoms with E-state index in [2.05, 4.69) is 20.5 Å². The summed E-state index contributed by atoms with van der Waals surface area (Å²) in [6.07, 6.45) is 2.90. The van der Waals surface area contributed by atoms with Crippen LogP contribution in [0, 0.1) is 6.92 Å². The summed E-state index contributed by atoms with van der Waals surface area (Å²) in [5.41, 5.74) is 0. The molecule has 0 aromatic carbocycles. The molecule has 0 amide bonds. The molecule has 2 atom stereocenters. The van der Waals surface area contributed by atoms with Crippen molar-refractivity contribution in [1.29, 1.82) is 0 Å².